The first-order chi connectivity index (χ1) is 5.79. The Labute approximate surface area is 74.7 Å². The molecule has 0 aromatic rings. The van der Waals surface area contributed by atoms with Crippen molar-refractivity contribution in [2.24, 2.45) is 0 Å². The Kier molecular flexibility index (Phi) is 7.45. The molecular weight excluding hydrogens is 156 g/mol. The fourth-order valence-electron chi connectivity index (χ4n) is 1.32. The summed E-state index contributed by atoms with van der Waals surface area (Å²) in [4.78, 5) is 0. The zero-order valence-electron chi connectivity index (χ0n) is 8.25. The van der Waals surface area contributed by atoms with Crippen LogP contribution in [0.3, 0.4) is 0 Å². The zero-order valence-corrected chi connectivity index (χ0v) is 8.25. The van der Waals surface area contributed by atoms with Gasteiger partial charge in [-0.2, -0.15) is 0 Å². The van der Waals surface area contributed by atoms with Crippen LogP contribution >= 0.6 is 0 Å². The summed E-state index contributed by atoms with van der Waals surface area (Å²) >= 11 is 0. The van der Waals surface area contributed by atoms with Crippen LogP contribution < -0.4 is 0 Å². The molecule has 3 heteroatoms. The van der Waals surface area contributed by atoms with Gasteiger partial charge in [-0.05, 0) is 12.8 Å². The van der Waals surface area contributed by atoms with Crippen LogP contribution in [0.4, 0.5) is 0 Å². The molecule has 74 valence electrons. The molecule has 0 aromatic carbocycles. The van der Waals surface area contributed by atoms with Gasteiger partial charge in [0, 0.05) is 20.8 Å². The smallest absolute Gasteiger partial charge is 0.0854 e. The average molecular weight is 176 g/mol. The van der Waals surface area contributed by atoms with Crippen molar-refractivity contribution in [2.75, 3.05) is 20.8 Å². The summed E-state index contributed by atoms with van der Waals surface area (Å²) < 4.78 is 10.5. The molecule has 0 aromatic heterocycles. The third-order valence-electron chi connectivity index (χ3n) is 2.01. The van der Waals surface area contributed by atoms with Gasteiger partial charge in [0.1, 0.15) is 0 Å². The lowest BCUT2D eigenvalue weighted by atomic mass is 10.1. The van der Waals surface area contributed by atoms with Gasteiger partial charge in [-0.15, -0.1) is 0 Å². The van der Waals surface area contributed by atoms with Crippen LogP contribution in [0.2, 0.25) is 0 Å². The van der Waals surface area contributed by atoms with Crippen LogP contribution in [-0.2, 0) is 9.47 Å². The summed E-state index contributed by atoms with van der Waals surface area (Å²) in [6, 6.07) is 0. The summed E-state index contributed by atoms with van der Waals surface area (Å²) in [7, 11) is 3.34. The Hall–Kier alpha value is -0.120. The third-order valence-corrected chi connectivity index (χ3v) is 2.01. The second kappa shape index (κ2) is 7.53. The number of aliphatic hydroxyl groups excluding tert-OH is 1. The third kappa shape index (κ3) is 4.04. The number of methoxy groups -OCH3 is 2. The molecule has 3 nitrogen and oxygen atoms in total. The molecule has 0 aliphatic rings. The highest BCUT2D eigenvalue weighted by molar-refractivity contribution is 4.69. The molecule has 2 atom stereocenters. The Morgan fingerprint density at radius 3 is 1.92 bits per heavy atom. The predicted octanol–water partition coefficient (Wildman–Crippen LogP) is 1.20. The van der Waals surface area contributed by atoms with E-state index >= 15 is 0 Å². The molecule has 0 amide bonds. The van der Waals surface area contributed by atoms with Crippen molar-refractivity contribution >= 4 is 0 Å². The van der Waals surface area contributed by atoms with Gasteiger partial charge in [0.15, 0.2) is 0 Å². The molecule has 2 unspecified atom stereocenters. The minimum atomic E-state index is 0.0277. The molecule has 0 aliphatic heterocycles. The largest absolute Gasteiger partial charge is 0.396 e. The molecule has 0 saturated heterocycles. The van der Waals surface area contributed by atoms with E-state index < -0.39 is 0 Å². The number of ether oxygens (including phenoxy) is 2. The van der Waals surface area contributed by atoms with Crippen LogP contribution in [-0.4, -0.2) is 38.1 Å². The lowest BCUT2D eigenvalue weighted by molar-refractivity contribution is -0.0490. The van der Waals surface area contributed by atoms with Crippen molar-refractivity contribution in [3.05, 3.63) is 0 Å². The SMILES string of the molecule is CCCC(OC)C(CCO)OC. The van der Waals surface area contributed by atoms with Crippen LogP contribution in [0.1, 0.15) is 26.2 Å². The normalized spacial score (nSPS) is 16.0. The molecule has 0 spiro atoms. The van der Waals surface area contributed by atoms with Gasteiger partial charge in [-0.3, -0.25) is 0 Å². The first kappa shape index (κ1) is 11.9. The molecule has 12 heavy (non-hydrogen) atoms. The molecule has 0 heterocycles. The molecule has 1 N–H and O–H groups in total. The number of hydrogen-bond donors (Lipinski definition) is 1. The maximum atomic E-state index is 8.74. The minimum Gasteiger partial charge on any atom is -0.396 e. The fraction of sp³-hybridized carbons (Fsp3) is 1.00. The predicted molar refractivity (Wildman–Crippen MR) is 48.2 cm³/mol. The maximum absolute atomic E-state index is 8.74. The van der Waals surface area contributed by atoms with Gasteiger partial charge in [-0.25, -0.2) is 0 Å². The van der Waals surface area contributed by atoms with Crippen molar-refractivity contribution in [1.82, 2.24) is 0 Å². The summed E-state index contributed by atoms with van der Waals surface area (Å²) in [5, 5.41) is 8.74. The fourth-order valence-corrected chi connectivity index (χ4v) is 1.32. The molecule has 0 saturated carbocycles. The highest BCUT2D eigenvalue weighted by Crippen LogP contribution is 2.11. The Bertz CT molecular complexity index is 83.8. The minimum absolute atomic E-state index is 0.0277. The first-order valence-corrected chi connectivity index (χ1v) is 4.46. The first-order valence-electron chi connectivity index (χ1n) is 4.46. The topological polar surface area (TPSA) is 38.7 Å². The van der Waals surface area contributed by atoms with E-state index in [0.29, 0.717) is 6.42 Å². The van der Waals surface area contributed by atoms with Gasteiger partial charge in [-0.1, -0.05) is 13.3 Å². The second-order valence-corrected chi connectivity index (χ2v) is 2.85. The molecule has 0 fully saturated rings. The number of aliphatic hydroxyl groups is 1. The van der Waals surface area contributed by atoms with E-state index in [2.05, 4.69) is 6.92 Å². The average Bonchev–Trinajstić information content (AvgIpc) is 2.11. The van der Waals surface area contributed by atoms with E-state index in [4.69, 9.17) is 14.6 Å². The Morgan fingerprint density at radius 1 is 1.08 bits per heavy atom. The van der Waals surface area contributed by atoms with Crippen LogP contribution in [0, 0.1) is 0 Å². The maximum Gasteiger partial charge on any atom is 0.0854 e. The highest BCUT2D eigenvalue weighted by Gasteiger charge is 2.18. The number of rotatable bonds is 7. The molecule has 0 bridgehead atoms. The van der Waals surface area contributed by atoms with E-state index in [0.717, 1.165) is 12.8 Å². The highest BCUT2D eigenvalue weighted by atomic mass is 16.5. The van der Waals surface area contributed by atoms with Gasteiger partial charge in [0.25, 0.3) is 0 Å². The van der Waals surface area contributed by atoms with E-state index in [1.54, 1.807) is 14.2 Å². The Morgan fingerprint density at radius 2 is 1.58 bits per heavy atom. The van der Waals surface area contributed by atoms with E-state index in [9.17, 15) is 0 Å². The van der Waals surface area contributed by atoms with E-state index in [1.807, 2.05) is 0 Å². The van der Waals surface area contributed by atoms with Crippen molar-refractivity contribution in [1.29, 1.82) is 0 Å². The standard InChI is InChI=1S/C9H20O3/c1-4-5-8(11-2)9(12-3)6-7-10/h8-10H,4-7H2,1-3H3. The number of hydrogen-bond acceptors (Lipinski definition) is 3. The van der Waals surface area contributed by atoms with Crippen LogP contribution in [0.15, 0.2) is 0 Å². The summed E-state index contributed by atoms with van der Waals surface area (Å²) in [5.41, 5.74) is 0. The summed E-state index contributed by atoms with van der Waals surface area (Å²) in [6.07, 6.45) is 2.85. The van der Waals surface area contributed by atoms with Crippen LogP contribution in [0.5, 0.6) is 0 Å². The molecule has 0 radical (unpaired) electrons. The van der Waals surface area contributed by atoms with E-state index in [-0.39, 0.29) is 18.8 Å². The van der Waals surface area contributed by atoms with Gasteiger partial charge < -0.3 is 14.6 Å². The van der Waals surface area contributed by atoms with Gasteiger partial charge in [0.05, 0.1) is 12.2 Å². The zero-order chi connectivity index (χ0) is 9.40. The summed E-state index contributed by atoms with van der Waals surface area (Å²) in [5.74, 6) is 0. The van der Waals surface area contributed by atoms with E-state index in [1.165, 1.54) is 0 Å². The second-order valence-electron chi connectivity index (χ2n) is 2.85. The molecule has 0 aliphatic carbocycles. The molecular formula is C9H20O3. The van der Waals surface area contributed by atoms with Gasteiger partial charge in [0.2, 0.25) is 0 Å². The Balaban J connectivity index is 3.84. The monoisotopic (exact) mass is 176 g/mol. The summed E-state index contributed by atoms with van der Waals surface area (Å²) in [6.45, 7) is 2.26. The van der Waals surface area contributed by atoms with Crippen molar-refractivity contribution in [2.45, 2.75) is 38.4 Å². The quantitative estimate of drug-likeness (QED) is 0.633. The molecule has 0 rings (SSSR count). The lowest BCUT2D eigenvalue weighted by Crippen LogP contribution is -2.30. The van der Waals surface area contributed by atoms with Gasteiger partial charge >= 0.3 is 0 Å². The van der Waals surface area contributed by atoms with Crippen LogP contribution in [0.25, 0.3) is 0 Å². The van der Waals surface area contributed by atoms with Crippen molar-refractivity contribution in [3.8, 4) is 0 Å². The lowest BCUT2D eigenvalue weighted by Gasteiger charge is -2.23. The van der Waals surface area contributed by atoms with Crippen molar-refractivity contribution in [3.63, 3.8) is 0 Å². The van der Waals surface area contributed by atoms with Crippen molar-refractivity contribution < 1.29 is 14.6 Å².